The Morgan fingerprint density at radius 2 is 1.94 bits per heavy atom. The van der Waals surface area contributed by atoms with E-state index in [-0.39, 0.29) is 13.0 Å². The van der Waals surface area contributed by atoms with Crippen molar-refractivity contribution in [2.24, 2.45) is 4.99 Å². The van der Waals surface area contributed by atoms with Crippen molar-refractivity contribution in [1.82, 2.24) is 14.4 Å². The average Bonchev–Trinajstić information content (AvgIpc) is 3.27. The molecule has 1 atom stereocenters. The highest BCUT2D eigenvalue weighted by atomic mass is 16.5. The van der Waals surface area contributed by atoms with E-state index in [1.54, 1.807) is 11.6 Å². The summed E-state index contributed by atoms with van der Waals surface area (Å²) in [5.41, 5.74) is 1.75. The van der Waals surface area contributed by atoms with E-state index in [2.05, 4.69) is 9.73 Å². The van der Waals surface area contributed by atoms with Crippen LogP contribution in [0.15, 0.2) is 35.5 Å². The predicted molar refractivity (Wildman–Crippen MR) is 110 cm³/mol. The Morgan fingerprint density at radius 1 is 1.23 bits per heavy atom. The number of carbonyl (C=O) groups excluding carboxylic acids is 3. The molecule has 0 spiro atoms. The first-order valence-corrected chi connectivity index (χ1v) is 9.98. The van der Waals surface area contributed by atoms with Gasteiger partial charge in [0.15, 0.2) is 0 Å². The molecule has 10 heteroatoms. The normalized spacial score (nSPS) is 17.4. The van der Waals surface area contributed by atoms with Crippen molar-refractivity contribution in [3.8, 4) is 11.4 Å². The van der Waals surface area contributed by atoms with E-state index in [0.717, 1.165) is 22.0 Å². The highest BCUT2D eigenvalue weighted by molar-refractivity contribution is 6.19. The number of methoxy groups -OCH3 is 1. The Balaban J connectivity index is 1.70. The highest BCUT2D eigenvalue weighted by Crippen LogP contribution is 2.31. The Hall–Kier alpha value is -3.69. The maximum Gasteiger partial charge on any atom is 0.406 e. The van der Waals surface area contributed by atoms with Crippen LogP contribution in [0.2, 0.25) is 0 Å². The number of rotatable bonds is 6. The SMILES string of the molecule is CCOc1ccc(-n2c(C)c[n+]3c2N=C2C3C(=O)N(CCC(=O)OC)C(=O)N2C)cc1. The molecule has 3 heterocycles. The van der Waals surface area contributed by atoms with Crippen LogP contribution in [0, 0.1) is 6.92 Å². The lowest BCUT2D eigenvalue weighted by Crippen LogP contribution is -2.62. The number of fused-ring (bicyclic) bond motifs is 3. The highest BCUT2D eigenvalue weighted by Gasteiger charge is 2.53. The molecule has 4 rings (SSSR count). The predicted octanol–water partition coefficient (Wildman–Crippen LogP) is 1.51. The van der Waals surface area contributed by atoms with Gasteiger partial charge in [-0.3, -0.25) is 19.4 Å². The first kappa shape index (κ1) is 20.6. The van der Waals surface area contributed by atoms with Gasteiger partial charge in [0.05, 0.1) is 20.1 Å². The van der Waals surface area contributed by atoms with Gasteiger partial charge in [-0.2, -0.15) is 4.57 Å². The molecular weight excluding hydrogens is 402 g/mol. The van der Waals surface area contributed by atoms with Crippen LogP contribution in [0.1, 0.15) is 25.1 Å². The molecule has 31 heavy (non-hydrogen) atoms. The number of esters is 1. The van der Waals surface area contributed by atoms with E-state index in [1.807, 2.05) is 48.9 Å². The van der Waals surface area contributed by atoms with E-state index in [0.29, 0.717) is 18.4 Å². The second kappa shape index (κ2) is 7.86. The number of benzene rings is 1. The largest absolute Gasteiger partial charge is 0.494 e. The standard InChI is InChI=1S/C21H24N5O5/c1-5-31-15-8-6-14(7-9-15)26-13(2)12-25-17-18(22-20(25)26)23(3)21(29)24(19(17)28)11-10-16(27)30-4/h6-9,12,17H,5,10-11H2,1-4H3/q+1. The number of hydrogen-bond acceptors (Lipinski definition) is 6. The smallest absolute Gasteiger partial charge is 0.406 e. The van der Waals surface area contributed by atoms with E-state index in [1.165, 1.54) is 12.0 Å². The monoisotopic (exact) mass is 426 g/mol. The number of imide groups is 1. The number of nitrogens with zero attached hydrogens (tertiary/aromatic N) is 5. The molecule has 3 amide bonds. The summed E-state index contributed by atoms with van der Waals surface area (Å²) in [5.74, 6) is 0.768. The summed E-state index contributed by atoms with van der Waals surface area (Å²) in [4.78, 5) is 44.5. The zero-order chi connectivity index (χ0) is 22.3. The average molecular weight is 426 g/mol. The van der Waals surface area contributed by atoms with Crippen molar-refractivity contribution in [3.05, 3.63) is 36.2 Å². The summed E-state index contributed by atoms with van der Waals surface area (Å²) in [6, 6.07) is 6.30. The number of likely N-dealkylation sites (N-methyl/N-ethyl adjacent to an activating group) is 1. The molecule has 2 aliphatic rings. The summed E-state index contributed by atoms with van der Waals surface area (Å²) in [7, 11) is 2.84. The summed E-state index contributed by atoms with van der Waals surface area (Å²) < 4.78 is 13.8. The van der Waals surface area contributed by atoms with Gasteiger partial charge in [-0.05, 0) is 38.1 Å². The van der Waals surface area contributed by atoms with Crippen LogP contribution in [0.25, 0.3) is 5.69 Å². The summed E-state index contributed by atoms with van der Waals surface area (Å²) in [6.07, 6.45) is 1.78. The molecule has 2 aromatic rings. The number of amidine groups is 1. The van der Waals surface area contributed by atoms with Crippen LogP contribution in [0.3, 0.4) is 0 Å². The Morgan fingerprint density at radius 3 is 2.58 bits per heavy atom. The van der Waals surface area contributed by atoms with Crippen LogP contribution < -0.4 is 9.30 Å². The van der Waals surface area contributed by atoms with Crippen molar-refractivity contribution in [2.75, 3.05) is 27.3 Å². The molecule has 0 saturated carbocycles. The van der Waals surface area contributed by atoms with Crippen molar-refractivity contribution in [1.29, 1.82) is 0 Å². The molecule has 1 fully saturated rings. The molecule has 0 radical (unpaired) electrons. The Kier molecular flexibility index (Phi) is 5.22. The van der Waals surface area contributed by atoms with Gasteiger partial charge in [0.25, 0.3) is 5.91 Å². The van der Waals surface area contributed by atoms with Crippen molar-refractivity contribution in [2.45, 2.75) is 26.3 Å². The molecule has 0 bridgehead atoms. The summed E-state index contributed by atoms with van der Waals surface area (Å²) in [5, 5.41) is 0. The summed E-state index contributed by atoms with van der Waals surface area (Å²) >= 11 is 0. The third-order valence-corrected chi connectivity index (χ3v) is 5.38. The molecule has 10 nitrogen and oxygen atoms in total. The quantitative estimate of drug-likeness (QED) is 0.515. The third-order valence-electron chi connectivity index (χ3n) is 5.38. The van der Waals surface area contributed by atoms with Crippen LogP contribution in [0.4, 0.5) is 10.7 Å². The maximum absolute atomic E-state index is 13.2. The van der Waals surface area contributed by atoms with Crippen LogP contribution in [-0.2, 0) is 14.3 Å². The van der Waals surface area contributed by atoms with Gasteiger partial charge in [-0.1, -0.05) is 4.99 Å². The molecule has 0 N–H and O–H groups in total. The van der Waals surface area contributed by atoms with Crippen molar-refractivity contribution < 1.29 is 28.4 Å². The lowest BCUT2D eigenvalue weighted by atomic mass is 10.1. The Bertz CT molecular complexity index is 1090. The number of aliphatic imine (C=N–C) groups is 1. The number of imidazole rings is 1. The number of aryl methyl sites for hydroxylation is 1. The van der Waals surface area contributed by atoms with E-state index in [4.69, 9.17) is 4.74 Å². The van der Waals surface area contributed by atoms with Crippen molar-refractivity contribution in [3.63, 3.8) is 0 Å². The van der Waals surface area contributed by atoms with Gasteiger partial charge < -0.3 is 9.47 Å². The number of amides is 3. The molecule has 1 saturated heterocycles. The molecule has 0 aliphatic carbocycles. The van der Waals surface area contributed by atoms with Gasteiger partial charge in [0.2, 0.25) is 11.9 Å². The number of urea groups is 1. The van der Waals surface area contributed by atoms with Gasteiger partial charge in [-0.25, -0.2) is 9.36 Å². The first-order valence-electron chi connectivity index (χ1n) is 9.98. The number of carbonyl (C=O) groups is 3. The fourth-order valence-corrected chi connectivity index (χ4v) is 3.87. The fraction of sp³-hybridized carbons (Fsp3) is 0.381. The minimum atomic E-state index is -0.766. The van der Waals surface area contributed by atoms with E-state index < -0.39 is 23.9 Å². The lowest BCUT2D eigenvalue weighted by molar-refractivity contribution is -0.676. The van der Waals surface area contributed by atoms with E-state index >= 15 is 0 Å². The molecule has 1 aromatic heterocycles. The molecule has 2 aliphatic heterocycles. The lowest BCUT2D eigenvalue weighted by Gasteiger charge is -2.32. The number of aromatic nitrogens is 2. The van der Waals surface area contributed by atoms with Gasteiger partial charge in [0.1, 0.15) is 23.3 Å². The third kappa shape index (κ3) is 3.33. The second-order valence-electron chi connectivity index (χ2n) is 7.27. The molecule has 162 valence electrons. The zero-order valence-electron chi connectivity index (χ0n) is 17.9. The Labute approximate surface area is 179 Å². The van der Waals surface area contributed by atoms with Gasteiger partial charge in [0, 0.05) is 13.6 Å². The topological polar surface area (TPSA) is 97.3 Å². The zero-order valence-corrected chi connectivity index (χ0v) is 17.9. The maximum atomic E-state index is 13.2. The van der Waals surface area contributed by atoms with Gasteiger partial charge in [-0.15, -0.1) is 0 Å². The molecule has 1 aromatic carbocycles. The number of hydrogen-bond donors (Lipinski definition) is 0. The minimum Gasteiger partial charge on any atom is -0.494 e. The van der Waals surface area contributed by atoms with Gasteiger partial charge >= 0.3 is 17.9 Å². The minimum absolute atomic E-state index is 0.0487. The van der Waals surface area contributed by atoms with E-state index in [9.17, 15) is 14.4 Å². The van der Waals surface area contributed by atoms with Crippen LogP contribution >= 0.6 is 0 Å². The van der Waals surface area contributed by atoms with Crippen LogP contribution in [-0.4, -0.2) is 65.4 Å². The van der Waals surface area contributed by atoms with Crippen LogP contribution in [0.5, 0.6) is 5.75 Å². The fourth-order valence-electron chi connectivity index (χ4n) is 3.87. The van der Waals surface area contributed by atoms with Crippen molar-refractivity contribution >= 4 is 29.7 Å². The molecule has 1 unspecified atom stereocenters. The first-order chi connectivity index (χ1) is 14.9. The number of ether oxygens (including phenoxy) is 2. The summed E-state index contributed by atoms with van der Waals surface area (Å²) in [6.45, 7) is 4.38. The second-order valence-corrected chi connectivity index (χ2v) is 7.27. The molecular formula is C21H24N5O5+.